The molecule has 1 aromatic carbocycles. The van der Waals surface area contributed by atoms with Crippen molar-refractivity contribution in [2.75, 3.05) is 0 Å². The Labute approximate surface area is 130 Å². The molecule has 0 unspecified atom stereocenters. The zero-order chi connectivity index (χ0) is 15.5. The van der Waals surface area contributed by atoms with Gasteiger partial charge in [0.1, 0.15) is 5.75 Å². The second-order valence-corrected chi connectivity index (χ2v) is 7.71. The summed E-state index contributed by atoms with van der Waals surface area (Å²) in [6.07, 6.45) is 5.39. The van der Waals surface area contributed by atoms with Gasteiger partial charge in [-0.3, -0.25) is 0 Å². The molecule has 0 saturated heterocycles. The molecule has 1 saturated carbocycles. The molecule has 0 spiro atoms. The SMILES string of the molecule is Cc1ccc(OC2CCC(C)CC2)c(CNC(C)(C)C)c1. The van der Waals surface area contributed by atoms with Crippen molar-refractivity contribution in [2.24, 2.45) is 5.92 Å². The van der Waals surface area contributed by atoms with Crippen molar-refractivity contribution in [3.05, 3.63) is 29.3 Å². The molecule has 1 fully saturated rings. The maximum Gasteiger partial charge on any atom is 0.124 e. The van der Waals surface area contributed by atoms with E-state index in [1.165, 1.54) is 36.8 Å². The van der Waals surface area contributed by atoms with E-state index in [2.05, 4.69) is 58.1 Å². The highest BCUT2D eigenvalue weighted by Crippen LogP contribution is 2.29. The van der Waals surface area contributed by atoms with E-state index in [-0.39, 0.29) is 5.54 Å². The Kier molecular flexibility index (Phi) is 5.32. The van der Waals surface area contributed by atoms with Crippen LogP contribution in [0.1, 0.15) is 64.5 Å². The van der Waals surface area contributed by atoms with Crippen LogP contribution in [0.15, 0.2) is 18.2 Å². The monoisotopic (exact) mass is 289 g/mol. The predicted octanol–water partition coefficient (Wildman–Crippen LogP) is 4.84. The summed E-state index contributed by atoms with van der Waals surface area (Å²) in [7, 11) is 0. The van der Waals surface area contributed by atoms with Crippen LogP contribution < -0.4 is 10.1 Å². The third kappa shape index (κ3) is 5.35. The molecule has 1 N–H and O–H groups in total. The molecule has 0 heterocycles. The Morgan fingerprint density at radius 3 is 2.43 bits per heavy atom. The molecule has 2 nitrogen and oxygen atoms in total. The molecule has 0 amide bonds. The number of hydrogen-bond acceptors (Lipinski definition) is 2. The second kappa shape index (κ2) is 6.83. The van der Waals surface area contributed by atoms with Crippen LogP contribution in [0.5, 0.6) is 5.75 Å². The van der Waals surface area contributed by atoms with Crippen LogP contribution in [0.25, 0.3) is 0 Å². The summed E-state index contributed by atoms with van der Waals surface area (Å²) < 4.78 is 6.31. The fourth-order valence-corrected chi connectivity index (χ4v) is 2.85. The van der Waals surface area contributed by atoms with Crippen LogP contribution in [-0.4, -0.2) is 11.6 Å². The van der Waals surface area contributed by atoms with Gasteiger partial charge in [0, 0.05) is 17.6 Å². The largest absolute Gasteiger partial charge is 0.490 e. The summed E-state index contributed by atoms with van der Waals surface area (Å²) in [4.78, 5) is 0. The fraction of sp³-hybridized carbons (Fsp3) is 0.684. The first-order valence-electron chi connectivity index (χ1n) is 8.35. The fourth-order valence-electron chi connectivity index (χ4n) is 2.85. The second-order valence-electron chi connectivity index (χ2n) is 7.71. The van der Waals surface area contributed by atoms with E-state index in [1.54, 1.807) is 0 Å². The quantitative estimate of drug-likeness (QED) is 0.856. The molecule has 1 aromatic rings. The van der Waals surface area contributed by atoms with E-state index in [9.17, 15) is 0 Å². The van der Waals surface area contributed by atoms with Crippen LogP contribution >= 0.6 is 0 Å². The van der Waals surface area contributed by atoms with Crippen LogP contribution in [0.4, 0.5) is 0 Å². The van der Waals surface area contributed by atoms with Gasteiger partial charge in [-0.1, -0.05) is 24.6 Å². The first-order valence-corrected chi connectivity index (χ1v) is 8.35. The lowest BCUT2D eigenvalue weighted by Crippen LogP contribution is -2.35. The van der Waals surface area contributed by atoms with Crippen LogP contribution in [0.3, 0.4) is 0 Å². The van der Waals surface area contributed by atoms with Crippen molar-refractivity contribution in [2.45, 2.75) is 78.5 Å². The molecule has 0 aromatic heterocycles. The van der Waals surface area contributed by atoms with Gasteiger partial charge >= 0.3 is 0 Å². The minimum Gasteiger partial charge on any atom is -0.490 e. The lowest BCUT2D eigenvalue weighted by atomic mass is 9.89. The molecule has 1 aliphatic rings. The summed E-state index contributed by atoms with van der Waals surface area (Å²) in [5, 5.41) is 3.57. The molecular formula is C19H31NO. The number of nitrogens with one attached hydrogen (secondary N) is 1. The smallest absolute Gasteiger partial charge is 0.124 e. The Morgan fingerprint density at radius 2 is 1.81 bits per heavy atom. The highest BCUT2D eigenvalue weighted by molar-refractivity contribution is 5.37. The van der Waals surface area contributed by atoms with Crippen LogP contribution in [-0.2, 0) is 6.54 Å². The lowest BCUT2D eigenvalue weighted by molar-refractivity contribution is 0.134. The average molecular weight is 289 g/mol. The van der Waals surface area contributed by atoms with Gasteiger partial charge in [0.25, 0.3) is 0 Å². The standard InChI is InChI=1S/C19H31NO/c1-14-6-9-17(10-7-14)21-18-11-8-15(2)12-16(18)13-20-19(3,4)5/h8,11-12,14,17,20H,6-7,9-10,13H2,1-5H3. The normalized spacial score (nSPS) is 23.1. The van der Waals surface area contributed by atoms with E-state index in [1.807, 2.05) is 0 Å². The molecular weight excluding hydrogens is 258 g/mol. The Balaban J connectivity index is 2.04. The lowest BCUT2D eigenvalue weighted by Gasteiger charge is -2.28. The minimum atomic E-state index is 0.126. The Morgan fingerprint density at radius 1 is 1.14 bits per heavy atom. The maximum absolute atomic E-state index is 6.31. The molecule has 0 aliphatic heterocycles. The van der Waals surface area contributed by atoms with E-state index in [0.29, 0.717) is 6.10 Å². The van der Waals surface area contributed by atoms with Gasteiger partial charge in [0.05, 0.1) is 6.10 Å². The topological polar surface area (TPSA) is 21.3 Å². The van der Waals surface area contributed by atoms with Crippen molar-refractivity contribution in [3.63, 3.8) is 0 Å². The zero-order valence-corrected chi connectivity index (χ0v) is 14.3. The van der Waals surface area contributed by atoms with Crippen LogP contribution in [0.2, 0.25) is 0 Å². The van der Waals surface area contributed by atoms with Crippen molar-refractivity contribution in [3.8, 4) is 5.75 Å². The molecule has 0 atom stereocenters. The van der Waals surface area contributed by atoms with Gasteiger partial charge in [-0.25, -0.2) is 0 Å². The third-order valence-corrected chi connectivity index (χ3v) is 4.28. The summed E-state index contributed by atoms with van der Waals surface area (Å²) in [6, 6.07) is 6.55. The average Bonchev–Trinajstić information content (AvgIpc) is 2.40. The van der Waals surface area contributed by atoms with Crippen molar-refractivity contribution in [1.29, 1.82) is 0 Å². The molecule has 21 heavy (non-hydrogen) atoms. The molecule has 0 bridgehead atoms. The molecule has 2 heteroatoms. The van der Waals surface area contributed by atoms with Gasteiger partial charge in [-0.15, -0.1) is 0 Å². The first kappa shape index (κ1) is 16.4. The van der Waals surface area contributed by atoms with Gasteiger partial charge in [-0.05, 0) is 65.4 Å². The summed E-state index contributed by atoms with van der Waals surface area (Å²) >= 11 is 0. The van der Waals surface area contributed by atoms with E-state index < -0.39 is 0 Å². The number of rotatable bonds is 4. The summed E-state index contributed by atoms with van der Waals surface area (Å²) in [6.45, 7) is 12.0. The maximum atomic E-state index is 6.31. The summed E-state index contributed by atoms with van der Waals surface area (Å²) in [5.74, 6) is 1.93. The molecule has 118 valence electrons. The molecule has 1 aliphatic carbocycles. The van der Waals surface area contributed by atoms with E-state index in [0.717, 1.165) is 18.2 Å². The Bertz CT molecular complexity index is 453. The number of hydrogen-bond donors (Lipinski definition) is 1. The Hall–Kier alpha value is -1.02. The number of benzene rings is 1. The van der Waals surface area contributed by atoms with Gasteiger partial charge in [0.15, 0.2) is 0 Å². The number of aryl methyl sites for hydroxylation is 1. The molecule has 0 radical (unpaired) electrons. The minimum absolute atomic E-state index is 0.126. The zero-order valence-electron chi connectivity index (χ0n) is 14.3. The van der Waals surface area contributed by atoms with E-state index in [4.69, 9.17) is 4.74 Å². The van der Waals surface area contributed by atoms with Gasteiger partial charge < -0.3 is 10.1 Å². The van der Waals surface area contributed by atoms with Crippen molar-refractivity contribution in [1.82, 2.24) is 5.32 Å². The predicted molar refractivity (Wildman–Crippen MR) is 89.8 cm³/mol. The summed E-state index contributed by atoms with van der Waals surface area (Å²) in [5.41, 5.74) is 2.70. The van der Waals surface area contributed by atoms with Crippen LogP contribution in [0, 0.1) is 12.8 Å². The van der Waals surface area contributed by atoms with Crippen molar-refractivity contribution >= 4 is 0 Å². The first-order chi connectivity index (χ1) is 9.83. The van der Waals surface area contributed by atoms with E-state index >= 15 is 0 Å². The van der Waals surface area contributed by atoms with Gasteiger partial charge in [-0.2, -0.15) is 0 Å². The highest BCUT2D eigenvalue weighted by Gasteiger charge is 2.20. The van der Waals surface area contributed by atoms with Crippen molar-refractivity contribution < 1.29 is 4.74 Å². The number of ether oxygens (including phenoxy) is 1. The van der Waals surface area contributed by atoms with Gasteiger partial charge in [0.2, 0.25) is 0 Å². The highest BCUT2D eigenvalue weighted by atomic mass is 16.5. The molecule has 2 rings (SSSR count). The third-order valence-electron chi connectivity index (χ3n) is 4.28.